The van der Waals surface area contributed by atoms with Crippen molar-refractivity contribution in [2.24, 2.45) is 5.92 Å². The van der Waals surface area contributed by atoms with E-state index in [2.05, 4.69) is 52.2 Å². The SMILES string of the molecule is CCNC(NC(C)(C)C)C(C)C. The summed E-state index contributed by atoms with van der Waals surface area (Å²) < 4.78 is 0. The second-order valence-electron chi connectivity index (χ2n) is 4.67. The lowest BCUT2D eigenvalue weighted by molar-refractivity contribution is 0.265. The Morgan fingerprint density at radius 2 is 1.67 bits per heavy atom. The van der Waals surface area contributed by atoms with E-state index in [1.54, 1.807) is 0 Å². The summed E-state index contributed by atoms with van der Waals surface area (Å²) in [5, 5.41) is 6.97. The van der Waals surface area contributed by atoms with E-state index in [1.807, 2.05) is 0 Å². The summed E-state index contributed by atoms with van der Waals surface area (Å²) >= 11 is 0. The summed E-state index contributed by atoms with van der Waals surface area (Å²) in [5.74, 6) is 0.629. The fraction of sp³-hybridized carbons (Fsp3) is 1.00. The predicted molar refractivity (Wildman–Crippen MR) is 55.2 cm³/mol. The summed E-state index contributed by atoms with van der Waals surface area (Å²) in [7, 11) is 0. The van der Waals surface area contributed by atoms with Gasteiger partial charge in [0.15, 0.2) is 0 Å². The molecule has 2 heteroatoms. The zero-order valence-electron chi connectivity index (χ0n) is 9.36. The van der Waals surface area contributed by atoms with Crippen LogP contribution >= 0.6 is 0 Å². The Labute approximate surface area is 77.1 Å². The first-order valence-corrected chi connectivity index (χ1v) is 4.88. The van der Waals surface area contributed by atoms with Gasteiger partial charge in [0, 0.05) is 5.54 Å². The average Bonchev–Trinajstić information content (AvgIpc) is 1.83. The van der Waals surface area contributed by atoms with Gasteiger partial charge in [-0.25, -0.2) is 0 Å². The normalized spacial score (nSPS) is 15.2. The highest BCUT2D eigenvalue weighted by atomic mass is 15.2. The molecule has 1 atom stereocenters. The zero-order chi connectivity index (χ0) is 9.78. The van der Waals surface area contributed by atoms with Gasteiger partial charge in [0.05, 0.1) is 6.17 Å². The van der Waals surface area contributed by atoms with Crippen molar-refractivity contribution in [2.45, 2.75) is 53.2 Å². The molecule has 0 radical (unpaired) electrons. The molecule has 0 fully saturated rings. The van der Waals surface area contributed by atoms with Gasteiger partial charge in [-0.3, -0.25) is 5.32 Å². The van der Waals surface area contributed by atoms with Gasteiger partial charge in [-0.1, -0.05) is 20.8 Å². The smallest absolute Gasteiger partial charge is 0.0599 e. The molecule has 0 aliphatic carbocycles. The topological polar surface area (TPSA) is 24.1 Å². The van der Waals surface area contributed by atoms with Crippen LogP contribution in [0.25, 0.3) is 0 Å². The van der Waals surface area contributed by atoms with E-state index in [1.165, 1.54) is 0 Å². The van der Waals surface area contributed by atoms with Crippen molar-refractivity contribution in [2.75, 3.05) is 6.54 Å². The second-order valence-corrected chi connectivity index (χ2v) is 4.67. The van der Waals surface area contributed by atoms with Crippen molar-refractivity contribution in [3.63, 3.8) is 0 Å². The Balaban J connectivity index is 3.95. The fourth-order valence-corrected chi connectivity index (χ4v) is 1.14. The lowest BCUT2D eigenvalue weighted by Crippen LogP contribution is -2.53. The van der Waals surface area contributed by atoms with Crippen LogP contribution in [0.3, 0.4) is 0 Å². The van der Waals surface area contributed by atoms with Crippen molar-refractivity contribution < 1.29 is 0 Å². The standard InChI is InChI=1S/C10H24N2/c1-7-11-9(8(2)3)12-10(4,5)6/h8-9,11-12H,7H2,1-6H3. The largest absolute Gasteiger partial charge is 0.302 e. The third-order valence-corrected chi connectivity index (χ3v) is 1.68. The molecule has 0 amide bonds. The van der Waals surface area contributed by atoms with E-state index >= 15 is 0 Å². The maximum atomic E-state index is 3.55. The molecule has 0 aromatic carbocycles. The zero-order valence-corrected chi connectivity index (χ0v) is 9.36. The molecule has 0 saturated carbocycles. The summed E-state index contributed by atoms with van der Waals surface area (Å²) in [6.07, 6.45) is 0.426. The highest BCUT2D eigenvalue weighted by molar-refractivity contribution is 4.77. The van der Waals surface area contributed by atoms with Crippen LogP contribution in [-0.2, 0) is 0 Å². The van der Waals surface area contributed by atoms with Crippen LogP contribution in [0.15, 0.2) is 0 Å². The van der Waals surface area contributed by atoms with Crippen LogP contribution in [0.2, 0.25) is 0 Å². The van der Waals surface area contributed by atoms with Crippen molar-refractivity contribution >= 4 is 0 Å². The first-order chi connectivity index (χ1) is 5.37. The van der Waals surface area contributed by atoms with Gasteiger partial charge in [-0.2, -0.15) is 0 Å². The van der Waals surface area contributed by atoms with Crippen LogP contribution in [0.4, 0.5) is 0 Å². The monoisotopic (exact) mass is 172 g/mol. The molecule has 0 rings (SSSR count). The third-order valence-electron chi connectivity index (χ3n) is 1.68. The Bertz CT molecular complexity index is 113. The van der Waals surface area contributed by atoms with E-state index in [-0.39, 0.29) is 5.54 Å². The lowest BCUT2D eigenvalue weighted by Gasteiger charge is -2.31. The van der Waals surface area contributed by atoms with Crippen molar-refractivity contribution in [3.05, 3.63) is 0 Å². The molecule has 0 aromatic rings. The highest BCUT2D eigenvalue weighted by Crippen LogP contribution is 2.05. The maximum Gasteiger partial charge on any atom is 0.0599 e. The number of nitrogens with one attached hydrogen (secondary N) is 2. The van der Waals surface area contributed by atoms with Crippen LogP contribution in [0.1, 0.15) is 41.5 Å². The van der Waals surface area contributed by atoms with Crippen LogP contribution in [0.5, 0.6) is 0 Å². The Morgan fingerprint density at radius 1 is 1.17 bits per heavy atom. The highest BCUT2D eigenvalue weighted by Gasteiger charge is 2.18. The average molecular weight is 172 g/mol. The molecule has 12 heavy (non-hydrogen) atoms. The van der Waals surface area contributed by atoms with Crippen molar-refractivity contribution in [1.82, 2.24) is 10.6 Å². The van der Waals surface area contributed by atoms with Gasteiger partial charge in [0.1, 0.15) is 0 Å². The minimum absolute atomic E-state index is 0.192. The van der Waals surface area contributed by atoms with Gasteiger partial charge in [-0.05, 0) is 33.2 Å². The lowest BCUT2D eigenvalue weighted by atomic mass is 10.0. The summed E-state index contributed by atoms with van der Waals surface area (Å²) in [6, 6.07) is 0. The Kier molecular flexibility index (Phi) is 4.80. The summed E-state index contributed by atoms with van der Waals surface area (Å²) in [5.41, 5.74) is 0.192. The van der Waals surface area contributed by atoms with E-state index in [4.69, 9.17) is 0 Å². The first kappa shape index (κ1) is 11.9. The third kappa shape index (κ3) is 5.56. The molecule has 0 heterocycles. The minimum Gasteiger partial charge on any atom is -0.302 e. The molecule has 74 valence electrons. The number of hydrogen-bond acceptors (Lipinski definition) is 2. The molecule has 1 unspecified atom stereocenters. The van der Waals surface area contributed by atoms with E-state index in [0.717, 1.165) is 6.54 Å². The molecule has 0 spiro atoms. The number of rotatable bonds is 4. The van der Waals surface area contributed by atoms with Gasteiger partial charge in [0.25, 0.3) is 0 Å². The second kappa shape index (κ2) is 4.83. The summed E-state index contributed by atoms with van der Waals surface area (Å²) in [4.78, 5) is 0. The van der Waals surface area contributed by atoms with E-state index < -0.39 is 0 Å². The molecular weight excluding hydrogens is 148 g/mol. The summed E-state index contributed by atoms with van der Waals surface area (Å²) in [6.45, 7) is 14.2. The van der Waals surface area contributed by atoms with E-state index in [9.17, 15) is 0 Å². The molecule has 0 aromatic heterocycles. The molecule has 0 bridgehead atoms. The van der Waals surface area contributed by atoms with Crippen LogP contribution < -0.4 is 10.6 Å². The molecule has 2 nitrogen and oxygen atoms in total. The Hall–Kier alpha value is -0.0800. The van der Waals surface area contributed by atoms with Gasteiger partial charge < -0.3 is 5.32 Å². The molecule has 0 aliphatic rings. The van der Waals surface area contributed by atoms with Crippen molar-refractivity contribution in [3.8, 4) is 0 Å². The minimum atomic E-state index is 0.192. The molecule has 2 N–H and O–H groups in total. The van der Waals surface area contributed by atoms with Gasteiger partial charge in [-0.15, -0.1) is 0 Å². The fourth-order valence-electron chi connectivity index (χ4n) is 1.14. The molecular formula is C10H24N2. The van der Waals surface area contributed by atoms with Gasteiger partial charge >= 0.3 is 0 Å². The van der Waals surface area contributed by atoms with Crippen LogP contribution in [0, 0.1) is 5.92 Å². The first-order valence-electron chi connectivity index (χ1n) is 4.88. The predicted octanol–water partition coefficient (Wildman–Crippen LogP) is 1.97. The van der Waals surface area contributed by atoms with Crippen molar-refractivity contribution in [1.29, 1.82) is 0 Å². The Morgan fingerprint density at radius 3 is 1.92 bits per heavy atom. The number of hydrogen-bond donors (Lipinski definition) is 2. The molecule has 0 aliphatic heterocycles. The maximum absolute atomic E-state index is 3.55. The van der Waals surface area contributed by atoms with E-state index in [0.29, 0.717) is 12.1 Å². The quantitative estimate of drug-likeness (QED) is 0.634. The molecule has 0 saturated heterocycles. The van der Waals surface area contributed by atoms with Gasteiger partial charge in [0.2, 0.25) is 0 Å². The van der Waals surface area contributed by atoms with Crippen LogP contribution in [-0.4, -0.2) is 18.2 Å².